The number of rotatable bonds is 4. The predicted octanol–water partition coefficient (Wildman–Crippen LogP) is 2.96. The summed E-state index contributed by atoms with van der Waals surface area (Å²) < 4.78 is 18.7. The van der Waals surface area contributed by atoms with E-state index in [0.717, 1.165) is 10.9 Å². The number of hydrogen-bond acceptors (Lipinski definition) is 3. The Morgan fingerprint density at radius 1 is 1.23 bits per heavy atom. The highest BCUT2D eigenvalue weighted by atomic mass is 19.1. The van der Waals surface area contributed by atoms with Crippen LogP contribution in [0.3, 0.4) is 0 Å². The quantitative estimate of drug-likeness (QED) is 0.757. The van der Waals surface area contributed by atoms with Crippen LogP contribution in [0.1, 0.15) is 16.9 Å². The van der Waals surface area contributed by atoms with Crippen molar-refractivity contribution < 1.29 is 19.0 Å². The smallest absolute Gasteiger partial charge is 0.270 e. The van der Waals surface area contributed by atoms with Gasteiger partial charge in [-0.15, -0.1) is 0 Å². The van der Waals surface area contributed by atoms with Gasteiger partial charge in [-0.1, -0.05) is 24.3 Å². The lowest BCUT2D eigenvalue weighted by Crippen LogP contribution is -2.40. The third-order valence-corrected chi connectivity index (χ3v) is 4.68. The van der Waals surface area contributed by atoms with Gasteiger partial charge >= 0.3 is 0 Å². The fourth-order valence-electron chi connectivity index (χ4n) is 3.28. The number of β-amino-alcohol motifs (C(OH)–C–C–N with tert-alkyl or cyclic N) is 1. The molecular formula is C20H19FN2O3. The van der Waals surface area contributed by atoms with Gasteiger partial charge in [0.2, 0.25) is 0 Å². The highest BCUT2D eigenvalue weighted by molar-refractivity contribution is 5.98. The minimum atomic E-state index is -1.14. The van der Waals surface area contributed by atoms with Crippen molar-refractivity contribution in [2.45, 2.75) is 12.0 Å². The Kier molecular flexibility index (Phi) is 4.12. The molecule has 1 amide bonds. The molecule has 0 bridgehead atoms. The van der Waals surface area contributed by atoms with E-state index < -0.39 is 11.4 Å². The molecular weight excluding hydrogens is 335 g/mol. The molecule has 1 saturated heterocycles. The first-order valence-electron chi connectivity index (χ1n) is 8.50. The lowest BCUT2D eigenvalue weighted by molar-refractivity contribution is 0.00418. The van der Waals surface area contributed by atoms with Gasteiger partial charge in [0.1, 0.15) is 29.5 Å². The topological polar surface area (TPSA) is 65.6 Å². The number of benzene rings is 2. The van der Waals surface area contributed by atoms with Gasteiger partial charge in [-0.3, -0.25) is 4.79 Å². The Labute approximate surface area is 150 Å². The van der Waals surface area contributed by atoms with Crippen LogP contribution >= 0.6 is 0 Å². The monoisotopic (exact) mass is 354 g/mol. The Bertz CT molecular complexity index is 922. The van der Waals surface area contributed by atoms with E-state index in [1.165, 1.54) is 12.1 Å². The summed E-state index contributed by atoms with van der Waals surface area (Å²) in [4.78, 5) is 17.4. The number of aromatic nitrogens is 1. The normalized spacial score (nSPS) is 19.8. The minimum absolute atomic E-state index is 0.00688. The summed E-state index contributed by atoms with van der Waals surface area (Å²) in [6.07, 6.45) is 0.411. The molecule has 0 radical (unpaired) electrons. The molecule has 5 nitrogen and oxygen atoms in total. The fraction of sp³-hybridized carbons (Fsp3) is 0.250. The molecule has 4 rings (SSSR count). The van der Waals surface area contributed by atoms with Gasteiger partial charge in [-0.05, 0) is 30.7 Å². The number of nitrogens with one attached hydrogen (secondary N) is 1. The highest BCUT2D eigenvalue weighted by Crippen LogP contribution is 2.25. The van der Waals surface area contributed by atoms with Crippen molar-refractivity contribution in [1.29, 1.82) is 0 Å². The number of carbonyl (C=O) groups is 1. The van der Waals surface area contributed by atoms with Crippen LogP contribution in [0.4, 0.5) is 4.39 Å². The van der Waals surface area contributed by atoms with E-state index >= 15 is 0 Å². The third kappa shape index (κ3) is 3.28. The molecule has 1 aliphatic heterocycles. The van der Waals surface area contributed by atoms with Crippen molar-refractivity contribution in [3.8, 4) is 5.75 Å². The zero-order valence-corrected chi connectivity index (χ0v) is 14.1. The fourth-order valence-corrected chi connectivity index (χ4v) is 3.28. The van der Waals surface area contributed by atoms with Gasteiger partial charge in [0.05, 0.1) is 6.54 Å². The number of aromatic amines is 1. The molecule has 0 aliphatic carbocycles. The number of H-pyrrole nitrogens is 1. The lowest BCUT2D eigenvalue weighted by Gasteiger charge is -2.23. The average Bonchev–Trinajstić information content (AvgIpc) is 3.24. The number of likely N-dealkylation sites (tertiary alicyclic amines) is 1. The molecule has 0 saturated carbocycles. The minimum Gasteiger partial charge on any atom is -0.490 e. The van der Waals surface area contributed by atoms with Crippen LogP contribution in [0.15, 0.2) is 54.6 Å². The van der Waals surface area contributed by atoms with E-state index in [4.69, 9.17) is 4.74 Å². The molecule has 1 fully saturated rings. The Morgan fingerprint density at radius 3 is 2.88 bits per heavy atom. The zero-order valence-electron chi connectivity index (χ0n) is 14.1. The molecule has 1 unspecified atom stereocenters. The average molecular weight is 354 g/mol. The number of amides is 1. The third-order valence-electron chi connectivity index (χ3n) is 4.68. The van der Waals surface area contributed by atoms with Gasteiger partial charge in [-0.2, -0.15) is 0 Å². The molecule has 1 atom stereocenters. The van der Waals surface area contributed by atoms with E-state index in [2.05, 4.69) is 4.98 Å². The van der Waals surface area contributed by atoms with Crippen LogP contribution in [-0.4, -0.2) is 46.2 Å². The number of carbonyl (C=O) groups excluding carboxylic acids is 1. The number of ether oxygens (including phenoxy) is 1. The number of fused-ring (bicyclic) bond motifs is 1. The summed E-state index contributed by atoms with van der Waals surface area (Å²) in [5.41, 5.74) is 0.259. The van der Waals surface area contributed by atoms with Gasteiger partial charge in [0.15, 0.2) is 0 Å². The molecule has 134 valence electrons. The number of hydrogen-bond donors (Lipinski definition) is 2. The van der Waals surface area contributed by atoms with Crippen molar-refractivity contribution in [1.82, 2.24) is 9.88 Å². The summed E-state index contributed by atoms with van der Waals surface area (Å²) in [6.45, 7) is 0.626. The second kappa shape index (κ2) is 6.46. The number of halogens is 1. The SMILES string of the molecule is O=C(c1cc2ccccc2[nH]1)N1CCC(O)(COc2cccc(F)c2)C1. The summed E-state index contributed by atoms with van der Waals surface area (Å²) in [5.74, 6) is -0.182. The van der Waals surface area contributed by atoms with Gasteiger partial charge < -0.3 is 19.7 Å². The first-order chi connectivity index (χ1) is 12.5. The summed E-state index contributed by atoms with van der Waals surface area (Å²) in [6, 6.07) is 15.3. The van der Waals surface area contributed by atoms with Gasteiger partial charge in [-0.25, -0.2) is 4.39 Å². The maximum absolute atomic E-state index is 13.2. The molecule has 6 heteroatoms. The number of para-hydroxylation sites is 1. The lowest BCUT2D eigenvalue weighted by atomic mass is 10.1. The Morgan fingerprint density at radius 2 is 2.08 bits per heavy atom. The molecule has 1 aromatic heterocycles. The number of nitrogens with zero attached hydrogens (tertiary/aromatic N) is 1. The van der Waals surface area contributed by atoms with Crippen molar-refractivity contribution >= 4 is 16.8 Å². The van der Waals surface area contributed by atoms with Gasteiger partial charge in [0, 0.05) is 23.5 Å². The van der Waals surface area contributed by atoms with Crippen LogP contribution in [-0.2, 0) is 0 Å². The second-order valence-electron chi connectivity index (χ2n) is 6.72. The standard InChI is InChI=1S/C20H19FN2O3/c21-15-5-3-6-16(11-15)26-13-20(25)8-9-23(12-20)19(24)18-10-14-4-1-2-7-17(14)22-18/h1-7,10-11,22,25H,8-9,12-13H2. The number of aliphatic hydroxyl groups is 1. The van der Waals surface area contributed by atoms with Crippen molar-refractivity contribution in [3.63, 3.8) is 0 Å². The highest BCUT2D eigenvalue weighted by Gasteiger charge is 2.39. The molecule has 2 N–H and O–H groups in total. The maximum Gasteiger partial charge on any atom is 0.270 e. The summed E-state index contributed by atoms with van der Waals surface area (Å²) in [5, 5.41) is 11.7. The molecule has 26 heavy (non-hydrogen) atoms. The Balaban J connectivity index is 1.42. The zero-order chi connectivity index (χ0) is 18.1. The van der Waals surface area contributed by atoms with E-state index in [0.29, 0.717) is 24.4 Å². The van der Waals surface area contributed by atoms with Crippen LogP contribution < -0.4 is 4.74 Å². The van der Waals surface area contributed by atoms with Crippen molar-refractivity contribution in [3.05, 3.63) is 66.1 Å². The van der Waals surface area contributed by atoms with Crippen LogP contribution in [0.25, 0.3) is 10.9 Å². The van der Waals surface area contributed by atoms with E-state index in [1.807, 2.05) is 30.3 Å². The molecule has 1 aliphatic rings. The molecule has 2 aromatic carbocycles. The predicted molar refractivity (Wildman–Crippen MR) is 95.7 cm³/mol. The maximum atomic E-state index is 13.2. The van der Waals surface area contributed by atoms with E-state index in [9.17, 15) is 14.3 Å². The molecule has 3 aromatic rings. The summed E-state index contributed by atoms with van der Waals surface area (Å²) in [7, 11) is 0. The van der Waals surface area contributed by atoms with E-state index in [-0.39, 0.29) is 19.1 Å². The first kappa shape index (κ1) is 16.6. The second-order valence-corrected chi connectivity index (χ2v) is 6.72. The molecule has 2 heterocycles. The van der Waals surface area contributed by atoms with Crippen LogP contribution in [0, 0.1) is 5.82 Å². The first-order valence-corrected chi connectivity index (χ1v) is 8.50. The molecule has 0 spiro atoms. The Hall–Kier alpha value is -2.86. The van der Waals surface area contributed by atoms with Crippen LogP contribution in [0.5, 0.6) is 5.75 Å². The summed E-state index contributed by atoms with van der Waals surface area (Å²) >= 11 is 0. The van der Waals surface area contributed by atoms with Crippen molar-refractivity contribution in [2.75, 3.05) is 19.7 Å². The van der Waals surface area contributed by atoms with E-state index in [1.54, 1.807) is 17.0 Å². The van der Waals surface area contributed by atoms with Crippen LogP contribution in [0.2, 0.25) is 0 Å². The van der Waals surface area contributed by atoms with Crippen molar-refractivity contribution in [2.24, 2.45) is 0 Å². The van der Waals surface area contributed by atoms with Gasteiger partial charge in [0.25, 0.3) is 5.91 Å². The largest absolute Gasteiger partial charge is 0.490 e.